The highest BCUT2D eigenvalue weighted by atomic mass is 32.2. The molecule has 1 N–H and O–H groups in total. The van der Waals surface area contributed by atoms with Gasteiger partial charge in [0.15, 0.2) is 0 Å². The van der Waals surface area contributed by atoms with Crippen molar-refractivity contribution in [2.75, 3.05) is 36.7 Å². The predicted molar refractivity (Wildman–Crippen MR) is 105 cm³/mol. The minimum absolute atomic E-state index is 0. The van der Waals surface area contributed by atoms with Gasteiger partial charge in [-0.1, -0.05) is 6.92 Å². The second-order valence-electron chi connectivity index (χ2n) is 6.49. The molecule has 0 radical (unpaired) electrons. The molecule has 0 aliphatic carbocycles. The van der Waals surface area contributed by atoms with Crippen molar-refractivity contribution in [2.24, 2.45) is 0 Å². The zero-order valence-corrected chi connectivity index (χ0v) is 16.8. The van der Waals surface area contributed by atoms with E-state index < -0.39 is 10.0 Å². The molecule has 2 amide bonds. The Morgan fingerprint density at radius 3 is 2.44 bits per heavy atom. The largest absolute Gasteiger partial charge is 0.450 e. The molecule has 1 aromatic rings. The van der Waals surface area contributed by atoms with E-state index in [-0.39, 0.29) is 25.2 Å². The van der Waals surface area contributed by atoms with Gasteiger partial charge >= 0.3 is 6.09 Å². The highest BCUT2D eigenvalue weighted by Gasteiger charge is 2.30. The van der Waals surface area contributed by atoms with E-state index in [0.29, 0.717) is 43.9 Å². The Balaban J connectivity index is 0.00000392. The third kappa shape index (κ3) is 5.59. The number of hydrogen-bond acceptors (Lipinski definition) is 5. The van der Waals surface area contributed by atoms with Gasteiger partial charge in [0.05, 0.1) is 12.4 Å². The Morgan fingerprint density at radius 2 is 1.89 bits per heavy atom. The maximum Gasteiger partial charge on any atom is 0.409 e. The number of ether oxygens (including phenoxy) is 1. The Bertz CT molecular complexity index is 770. The molecule has 0 spiro atoms. The normalized spacial score (nSPS) is 17.5. The quantitative estimate of drug-likeness (QED) is 0.792. The van der Waals surface area contributed by atoms with E-state index in [4.69, 9.17) is 4.74 Å². The third-order valence-electron chi connectivity index (χ3n) is 4.29. The van der Waals surface area contributed by atoms with Crippen molar-refractivity contribution in [1.82, 2.24) is 9.80 Å². The summed E-state index contributed by atoms with van der Waals surface area (Å²) in [6, 6.07) is 6.24. The lowest BCUT2D eigenvalue weighted by Crippen LogP contribution is -2.55. The summed E-state index contributed by atoms with van der Waals surface area (Å²) >= 11 is 0. The average molecular weight is 400 g/mol. The maximum absolute atomic E-state index is 12.8. The molecular weight excluding hydrogens is 370 g/mol. The summed E-state index contributed by atoms with van der Waals surface area (Å²) in [5, 5.41) is 0. The van der Waals surface area contributed by atoms with E-state index in [0.717, 1.165) is 0 Å². The van der Waals surface area contributed by atoms with Gasteiger partial charge in [-0.2, -0.15) is 0 Å². The Hall–Kier alpha value is -2.29. The molecule has 152 valence electrons. The summed E-state index contributed by atoms with van der Waals surface area (Å²) in [5.41, 5.74) is 0.907. The molecule has 2 rings (SSSR count). The predicted octanol–water partition coefficient (Wildman–Crippen LogP) is 2.39. The molecular formula is C18H29N3O5S. The van der Waals surface area contributed by atoms with Crippen molar-refractivity contribution >= 4 is 27.7 Å². The molecule has 1 atom stereocenters. The molecule has 9 heteroatoms. The van der Waals surface area contributed by atoms with Crippen LogP contribution in [0.4, 0.5) is 10.5 Å². The molecule has 0 unspecified atom stereocenters. The number of nitrogens with zero attached hydrogens (tertiary/aromatic N) is 2. The number of carbonyl (C=O) groups excluding carboxylic acids is 2. The van der Waals surface area contributed by atoms with E-state index in [1.54, 1.807) is 47.9 Å². The fraction of sp³-hybridized carbons (Fsp3) is 0.556. The van der Waals surface area contributed by atoms with E-state index >= 15 is 0 Å². The van der Waals surface area contributed by atoms with Crippen LogP contribution in [0.2, 0.25) is 0 Å². The van der Waals surface area contributed by atoms with E-state index in [1.807, 2.05) is 6.92 Å². The van der Waals surface area contributed by atoms with Gasteiger partial charge in [0.2, 0.25) is 10.0 Å². The third-order valence-corrected chi connectivity index (χ3v) is 5.78. The van der Waals surface area contributed by atoms with Crippen molar-refractivity contribution in [1.29, 1.82) is 0 Å². The second kappa shape index (κ2) is 9.07. The topological polar surface area (TPSA) is 96.0 Å². The highest BCUT2D eigenvalue weighted by Crippen LogP contribution is 2.17. The van der Waals surface area contributed by atoms with Gasteiger partial charge in [-0.05, 0) is 44.5 Å². The van der Waals surface area contributed by atoms with E-state index in [2.05, 4.69) is 4.72 Å². The van der Waals surface area contributed by atoms with Crippen LogP contribution >= 0.6 is 0 Å². The summed E-state index contributed by atoms with van der Waals surface area (Å²) < 4.78 is 31.1. The van der Waals surface area contributed by atoms with Crippen LogP contribution in [-0.4, -0.2) is 68.3 Å². The summed E-state index contributed by atoms with van der Waals surface area (Å²) in [5.74, 6) is -0.0929. The van der Waals surface area contributed by atoms with Crippen LogP contribution in [0.3, 0.4) is 0 Å². The van der Waals surface area contributed by atoms with Crippen molar-refractivity contribution < 1.29 is 24.2 Å². The molecule has 0 aromatic heterocycles. The lowest BCUT2D eigenvalue weighted by atomic mass is 10.1. The zero-order chi connectivity index (χ0) is 20.0. The first-order chi connectivity index (χ1) is 12.8. The van der Waals surface area contributed by atoms with Crippen molar-refractivity contribution in [2.45, 2.75) is 33.2 Å². The van der Waals surface area contributed by atoms with Crippen LogP contribution in [0.5, 0.6) is 0 Å². The van der Waals surface area contributed by atoms with Gasteiger partial charge < -0.3 is 14.5 Å². The first kappa shape index (κ1) is 21.0. The van der Waals surface area contributed by atoms with Crippen LogP contribution < -0.4 is 4.72 Å². The number of nitrogens with one attached hydrogen (secondary N) is 1. The number of carbonyl (C=O) groups is 2. The average Bonchev–Trinajstić information content (AvgIpc) is 2.61. The molecule has 0 saturated carbocycles. The molecule has 1 heterocycles. The second-order valence-corrected chi connectivity index (χ2v) is 8.33. The van der Waals surface area contributed by atoms with Crippen LogP contribution in [-0.2, 0) is 14.8 Å². The number of rotatable bonds is 6. The SMILES string of the molecule is CCCS(=O)(=O)Nc1ccc(C(=O)N2CCN(C(=O)OCC)C[C@@H]2C)cc1.[HH]. The Labute approximate surface area is 162 Å². The number of hydrogen-bond donors (Lipinski definition) is 1. The van der Waals surface area contributed by atoms with Crippen LogP contribution in [0, 0.1) is 0 Å². The first-order valence-electron chi connectivity index (χ1n) is 9.10. The van der Waals surface area contributed by atoms with Gasteiger partial charge in [0.1, 0.15) is 0 Å². The molecule has 1 aliphatic rings. The smallest absolute Gasteiger partial charge is 0.409 e. The fourth-order valence-electron chi connectivity index (χ4n) is 2.99. The van der Waals surface area contributed by atoms with Crippen molar-refractivity contribution in [3.63, 3.8) is 0 Å². The number of piperazine rings is 1. The molecule has 1 aromatic carbocycles. The van der Waals surface area contributed by atoms with Crippen LogP contribution in [0.15, 0.2) is 24.3 Å². The van der Waals surface area contributed by atoms with Gasteiger partial charge in [-0.25, -0.2) is 13.2 Å². The summed E-state index contributed by atoms with van der Waals surface area (Å²) in [4.78, 5) is 27.9. The summed E-state index contributed by atoms with van der Waals surface area (Å²) in [7, 11) is -3.36. The van der Waals surface area contributed by atoms with Crippen molar-refractivity contribution in [3.05, 3.63) is 29.8 Å². The zero-order valence-electron chi connectivity index (χ0n) is 16.0. The first-order valence-corrected chi connectivity index (χ1v) is 10.8. The van der Waals surface area contributed by atoms with Gasteiger partial charge in [-0.15, -0.1) is 0 Å². The monoisotopic (exact) mass is 399 g/mol. The lowest BCUT2D eigenvalue weighted by Gasteiger charge is -2.39. The number of sulfonamides is 1. The minimum Gasteiger partial charge on any atom is -0.450 e. The van der Waals surface area contributed by atoms with E-state index in [9.17, 15) is 18.0 Å². The molecule has 27 heavy (non-hydrogen) atoms. The van der Waals surface area contributed by atoms with Gasteiger partial charge in [-0.3, -0.25) is 9.52 Å². The maximum atomic E-state index is 12.8. The fourth-order valence-corrected chi connectivity index (χ4v) is 4.12. The van der Waals surface area contributed by atoms with E-state index in [1.165, 1.54) is 0 Å². The lowest BCUT2D eigenvalue weighted by molar-refractivity contribution is 0.0423. The molecule has 8 nitrogen and oxygen atoms in total. The van der Waals surface area contributed by atoms with Gasteiger partial charge in [0, 0.05) is 38.4 Å². The number of anilines is 1. The molecule has 1 saturated heterocycles. The number of benzene rings is 1. The Kier molecular flexibility index (Phi) is 7.06. The number of amides is 2. The van der Waals surface area contributed by atoms with Gasteiger partial charge in [0.25, 0.3) is 5.91 Å². The van der Waals surface area contributed by atoms with Crippen LogP contribution in [0.25, 0.3) is 0 Å². The summed E-state index contributed by atoms with van der Waals surface area (Å²) in [6.07, 6.45) is 0.168. The van der Waals surface area contributed by atoms with Crippen molar-refractivity contribution in [3.8, 4) is 0 Å². The minimum atomic E-state index is -3.36. The standard InChI is InChI=1S/C18H27N3O5S.H2/c1-4-12-27(24,25)19-16-8-6-15(7-9-16)17(22)21-11-10-20(13-14(21)3)18(23)26-5-2;/h6-9,14,19H,4-5,10-13H2,1-3H3;1H/t14-;/m0./s1. The molecule has 0 bridgehead atoms. The Morgan fingerprint density at radius 1 is 1.22 bits per heavy atom. The highest BCUT2D eigenvalue weighted by molar-refractivity contribution is 7.92. The molecule has 1 fully saturated rings. The summed E-state index contributed by atoms with van der Waals surface area (Å²) in [6.45, 7) is 7.02. The molecule has 1 aliphatic heterocycles. The van der Waals surface area contributed by atoms with Crippen LogP contribution in [0.1, 0.15) is 39.0 Å².